The summed E-state index contributed by atoms with van der Waals surface area (Å²) in [6.45, 7) is 3.43. The molecule has 6 heteroatoms. The van der Waals surface area contributed by atoms with Crippen molar-refractivity contribution in [2.75, 3.05) is 5.32 Å². The Bertz CT molecular complexity index is 435. The molecule has 0 radical (unpaired) electrons. The van der Waals surface area contributed by atoms with Crippen LogP contribution in [0.5, 0.6) is 0 Å². The molecule has 0 aromatic heterocycles. The van der Waals surface area contributed by atoms with E-state index in [0.717, 1.165) is 12.1 Å². The highest BCUT2D eigenvalue weighted by molar-refractivity contribution is 5.94. The lowest BCUT2D eigenvalue weighted by Crippen LogP contribution is -2.40. The number of halogens is 3. The van der Waals surface area contributed by atoms with E-state index in [1.54, 1.807) is 13.8 Å². The van der Waals surface area contributed by atoms with Crippen LogP contribution in [0.25, 0.3) is 0 Å². The number of nitrogens with one attached hydrogen (secondary N) is 1. The van der Waals surface area contributed by atoms with Crippen LogP contribution >= 0.6 is 0 Å². The minimum Gasteiger partial charge on any atom is -0.322 e. The van der Waals surface area contributed by atoms with E-state index in [-0.39, 0.29) is 5.92 Å². The second-order valence-corrected chi connectivity index (χ2v) is 3.98. The Morgan fingerprint density at radius 1 is 1.24 bits per heavy atom. The maximum Gasteiger partial charge on any atom is 0.241 e. The molecular weight excluding hydrogens is 233 g/mol. The van der Waals surface area contributed by atoms with E-state index in [9.17, 15) is 18.0 Å². The van der Waals surface area contributed by atoms with Crippen molar-refractivity contribution in [3.05, 3.63) is 29.6 Å². The molecule has 0 saturated heterocycles. The van der Waals surface area contributed by atoms with E-state index < -0.39 is 35.1 Å². The maximum atomic E-state index is 13.2. The highest BCUT2D eigenvalue weighted by Gasteiger charge is 2.20. The largest absolute Gasteiger partial charge is 0.322 e. The molecule has 17 heavy (non-hydrogen) atoms. The van der Waals surface area contributed by atoms with Gasteiger partial charge in [0, 0.05) is 0 Å². The molecule has 0 fully saturated rings. The fourth-order valence-corrected chi connectivity index (χ4v) is 1.14. The third-order valence-corrected chi connectivity index (χ3v) is 2.31. The van der Waals surface area contributed by atoms with Crippen molar-refractivity contribution in [2.45, 2.75) is 19.9 Å². The second kappa shape index (κ2) is 5.18. The van der Waals surface area contributed by atoms with Gasteiger partial charge in [-0.15, -0.1) is 0 Å². The van der Waals surface area contributed by atoms with E-state index in [0.29, 0.717) is 0 Å². The van der Waals surface area contributed by atoms with Crippen molar-refractivity contribution in [1.82, 2.24) is 0 Å². The van der Waals surface area contributed by atoms with Crippen LogP contribution in [-0.2, 0) is 4.79 Å². The average molecular weight is 246 g/mol. The van der Waals surface area contributed by atoms with Gasteiger partial charge in [-0.25, -0.2) is 13.2 Å². The fraction of sp³-hybridized carbons (Fsp3) is 0.364. The highest BCUT2D eigenvalue weighted by Crippen LogP contribution is 2.19. The number of carbonyl (C=O) groups excluding carboxylic acids is 1. The SMILES string of the molecule is CC(C)[C@H](N)C(=O)Nc1ccc(F)c(F)c1F. The highest BCUT2D eigenvalue weighted by atomic mass is 19.2. The number of benzene rings is 1. The summed E-state index contributed by atoms with van der Waals surface area (Å²) in [5.41, 5.74) is 5.10. The van der Waals surface area contributed by atoms with Crippen LogP contribution < -0.4 is 11.1 Å². The van der Waals surface area contributed by atoms with Gasteiger partial charge < -0.3 is 11.1 Å². The van der Waals surface area contributed by atoms with Gasteiger partial charge in [0.15, 0.2) is 17.5 Å². The number of hydrogen-bond acceptors (Lipinski definition) is 2. The average Bonchev–Trinajstić information content (AvgIpc) is 2.28. The van der Waals surface area contributed by atoms with Crippen molar-refractivity contribution in [3.63, 3.8) is 0 Å². The van der Waals surface area contributed by atoms with Crippen LogP contribution in [0, 0.1) is 23.4 Å². The molecule has 0 aliphatic rings. The van der Waals surface area contributed by atoms with Crippen molar-refractivity contribution in [2.24, 2.45) is 11.7 Å². The molecule has 0 bridgehead atoms. The van der Waals surface area contributed by atoms with Crippen LogP contribution in [0.3, 0.4) is 0 Å². The molecule has 0 heterocycles. The Balaban J connectivity index is 2.90. The van der Waals surface area contributed by atoms with E-state index in [2.05, 4.69) is 5.32 Å². The second-order valence-electron chi connectivity index (χ2n) is 3.98. The summed E-state index contributed by atoms with van der Waals surface area (Å²) in [6.07, 6.45) is 0. The van der Waals surface area contributed by atoms with Crippen LogP contribution in [-0.4, -0.2) is 11.9 Å². The van der Waals surface area contributed by atoms with E-state index >= 15 is 0 Å². The van der Waals surface area contributed by atoms with Gasteiger partial charge in [0.1, 0.15) is 0 Å². The summed E-state index contributed by atoms with van der Waals surface area (Å²) >= 11 is 0. The zero-order valence-electron chi connectivity index (χ0n) is 9.43. The van der Waals surface area contributed by atoms with Gasteiger partial charge in [0.2, 0.25) is 5.91 Å². The lowest BCUT2D eigenvalue weighted by molar-refractivity contribution is -0.118. The third kappa shape index (κ3) is 2.97. The smallest absolute Gasteiger partial charge is 0.241 e. The molecule has 3 N–H and O–H groups in total. The summed E-state index contributed by atoms with van der Waals surface area (Å²) in [6, 6.07) is 0.829. The number of carbonyl (C=O) groups is 1. The van der Waals surface area contributed by atoms with Crippen LogP contribution in [0.15, 0.2) is 12.1 Å². The minimum absolute atomic E-state index is 0.150. The molecule has 1 aromatic carbocycles. The van der Waals surface area contributed by atoms with Gasteiger partial charge in [-0.3, -0.25) is 4.79 Å². The molecule has 94 valence electrons. The molecule has 0 aliphatic carbocycles. The number of amides is 1. The van der Waals surface area contributed by atoms with Crippen LogP contribution in [0.2, 0.25) is 0 Å². The number of nitrogens with two attached hydrogens (primary N) is 1. The first-order chi connectivity index (χ1) is 7.84. The van der Waals surface area contributed by atoms with Crippen molar-refractivity contribution < 1.29 is 18.0 Å². The first kappa shape index (κ1) is 13.5. The molecule has 0 saturated carbocycles. The Morgan fingerprint density at radius 2 is 1.82 bits per heavy atom. The monoisotopic (exact) mass is 246 g/mol. The topological polar surface area (TPSA) is 55.1 Å². The fourth-order valence-electron chi connectivity index (χ4n) is 1.14. The standard InChI is InChI=1S/C11H13F3N2O/c1-5(2)10(15)11(17)16-7-4-3-6(12)8(13)9(7)14/h3-5,10H,15H2,1-2H3,(H,16,17)/t10-/m0/s1. The molecular formula is C11H13F3N2O. The van der Waals surface area contributed by atoms with Crippen molar-refractivity contribution in [3.8, 4) is 0 Å². The molecule has 1 rings (SSSR count). The first-order valence-electron chi connectivity index (χ1n) is 5.04. The quantitative estimate of drug-likeness (QED) is 0.802. The zero-order chi connectivity index (χ0) is 13.2. The Labute approximate surface area is 96.8 Å². The van der Waals surface area contributed by atoms with E-state index in [4.69, 9.17) is 5.73 Å². The number of hydrogen-bond donors (Lipinski definition) is 2. The van der Waals surface area contributed by atoms with Crippen LogP contribution in [0.1, 0.15) is 13.8 Å². The third-order valence-electron chi connectivity index (χ3n) is 2.31. The summed E-state index contributed by atoms with van der Waals surface area (Å²) in [5.74, 6) is -5.17. The summed E-state index contributed by atoms with van der Waals surface area (Å²) in [4.78, 5) is 11.5. The number of rotatable bonds is 3. The molecule has 0 unspecified atom stereocenters. The predicted octanol–water partition coefficient (Wildman–Crippen LogP) is 2.03. The van der Waals surface area contributed by atoms with Gasteiger partial charge in [-0.2, -0.15) is 0 Å². The molecule has 0 spiro atoms. The molecule has 1 aromatic rings. The summed E-state index contributed by atoms with van der Waals surface area (Å²) in [7, 11) is 0. The van der Waals surface area contributed by atoms with Gasteiger partial charge in [-0.05, 0) is 18.1 Å². The van der Waals surface area contributed by atoms with Crippen LogP contribution in [0.4, 0.5) is 18.9 Å². The maximum absolute atomic E-state index is 13.2. The molecule has 3 nitrogen and oxygen atoms in total. The van der Waals surface area contributed by atoms with E-state index in [1.807, 2.05) is 0 Å². The van der Waals surface area contributed by atoms with Gasteiger partial charge in [-0.1, -0.05) is 13.8 Å². The van der Waals surface area contributed by atoms with Crippen molar-refractivity contribution >= 4 is 11.6 Å². The summed E-state index contributed by atoms with van der Waals surface area (Å²) < 4.78 is 38.7. The lowest BCUT2D eigenvalue weighted by atomic mass is 10.0. The minimum atomic E-state index is -1.62. The zero-order valence-corrected chi connectivity index (χ0v) is 9.43. The predicted molar refractivity (Wildman–Crippen MR) is 57.8 cm³/mol. The number of anilines is 1. The van der Waals surface area contributed by atoms with Gasteiger partial charge in [0.05, 0.1) is 11.7 Å². The molecule has 0 aliphatic heterocycles. The first-order valence-corrected chi connectivity index (χ1v) is 5.04. The van der Waals surface area contributed by atoms with Gasteiger partial charge >= 0.3 is 0 Å². The Hall–Kier alpha value is -1.56. The molecule has 1 atom stereocenters. The Morgan fingerprint density at radius 3 is 2.35 bits per heavy atom. The van der Waals surface area contributed by atoms with E-state index in [1.165, 1.54) is 0 Å². The van der Waals surface area contributed by atoms with Crippen molar-refractivity contribution in [1.29, 1.82) is 0 Å². The van der Waals surface area contributed by atoms with Gasteiger partial charge in [0.25, 0.3) is 0 Å². The normalized spacial score (nSPS) is 12.6. The molecule has 1 amide bonds. The Kier molecular flexibility index (Phi) is 4.11. The lowest BCUT2D eigenvalue weighted by Gasteiger charge is -2.15. The summed E-state index contributed by atoms with van der Waals surface area (Å²) in [5, 5.41) is 2.11.